The fourth-order valence-corrected chi connectivity index (χ4v) is 4.29. The van der Waals surface area contributed by atoms with Gasteiger partial charge in [-0.1, -0.05) is 0 Å². The van der Waals surface area contributed by atoms with Gasteiger partial charge in [0, 0.05) is 23.8 Å². The van der Waals surface area contributed by atoms with Crippen molar-refractivity contribution in [1.29, 1.82) is 0 Å². The topological polar surface area (TPSA) is 234 Å². The lowest BCUT2D eigenvalue weighted by Gasteiger charge is -2.40. The highest BCUT2D eigenvalue weighted by Crippen LogP contribution is 2.33. The van der Waals surface area contributed by atoms with E-state index in [1.54, 1.807) is 0 Å². The molecule has 1 fully saturated rings. The predicted octanol–water partition coefficient (Wildman–Crippen LogP) is 0.217. The zero-order valence-electron chi connectivity index (χ0n) is 21.5. The van der Waals surface area contributed by atoms with Crippen LogP contribution in [0.3, 0.4) is 0 Å². The third-order valence-electron chi connectivity index (χ3n) is 6.32. The van der Waals surface area contributed by atoms with Gasteiger partial charge in [0.05, 0.1) is 18.4 Å². The van der Waals surface area contributed by atoms with E-state index in [9.17, 15) is 45.0 Å². The quantitative estimate of drug-likeness (QED) is 0.169. The van der Waals surface area contributed by atoms with E-state index in [1.165, 1.54) is 30.3 Å². The number of ether oxygens (including phenoxy) is 3. The smallest absolute Gasteiger partial charge is 0.308 e. The average molecular weight is 577 g/mol. The van der Waals surface area contributed by atoms with Crippen LogP contribution in [0.2, 0.25) is 0 Å². The monoisotopic (exact) mass is 576 g/mol. The van der Waals surface area contributed by atoms with Gasteiger partial charge in [0.25, 0.3) is 0 Å². The lowest BCUT2D eigenvalue weighted by atomic mass is 9.98. The largest absolute Gasteiger partial charge is 0.508 e. The number of aliphatic carboxylic acids is 1. The van der Waals surface area contributed by atoms with Crippen LogP contribution in [0.1, 0.15) is 19.8 Å². The number of carboxylic acids is 1. The number of aromatic hydroxyl groups is 2. The van der Waals surface area contributed by atoms with Gasteiger partial charge in [-0.05, 0) is 31.2 Å². The second kappa shape index (κ2) is 11.7. The molecule has 6 atom stereocenters. The van der Waals surface area contributed by atoms with Crippen LogP contribution in [-0.2, 0) is 19.1 Å². The highest BCUT2D eigenvalue weighted by molar-refractivity contribution is 5.86. The molecule has 4 rings (SSSR count). The number of esters is 1. The minimum Gasteiger partial charge on any atom is -0.508 e. The summed E-state index contributed by atoms with van der Waals surface area (Å²) in [5.74, 6) is -2.90. The lowest BCUT2D eigenvalue weighted by Crippen LogP contribution is -2.60. The van der Waals surface area contributed by atoms with Gasteiger partial charge in [0.15, 0.2) is 5.43 Å². The number of fused-ring (bicyclic) bond motifs is 1. The summed E-state index contributed by atoms with van der Waals surface area (Å²) in [5, 5.41) is 69.7. The van der Waals surface area contributed by atoms with E-state index in [-0.39, 0.29) is 28.2 Å². The van der Waals surface area contributed by atoms with E-state index in [2.05, 4.69) is 0 Å². The molecule has 220 valence electrons. The molecular weight excluding hydrogens is 548 g/mol. The number of carboxylic acid groups (broad SMARTS) is 1. The van der Waals surface area contributed by atoms with Gasteiger partial charge in [-0.25, -0.2) is 0 Å². The van der Waals surface area contributed by atoms with Gasteiger partial charge in [0.2, 0.25) is 6.29 Å². The molecule has 14 nitrogen and oxygen atoms in total. The van der Waals surface area contributed by atoms with Gasteiger partial charge in [-0.2, -0.15) is 0 Å². The van der Waals surface area contributed by atoms with Crippen LogP contribution in [0, 0.1) is 0 Å². The summed E-state index contributed by atoms with van der Waals surface area (Å²) in [4.78, 5) is 35.6. The summed E-state index contributed by atoms with van der Waals surface area (Å²) in [5.41, 5.74) is -2.11. The number of hydrogen-bond acceptors (Lipinski definition) is 13. The highest BCUT2D eigenvalue weighted by Gasteiger charge is 2.45. The summed E-state index contributed by atoms with van der Waals surface area (Å²) < 4.78 is 21.8. The molecule has 3 aromatic rings. The van der Waals surface area contributed by atoms with Crippen molar-refractivity contribution in [2.45, 2.75) is 56.1 Å². The van der Waals surface area contributed by atoms with E-state index >= 15 is 0 Å². The Bertz CT molecular complexity index is 1480. The first-order valence-electron chi connectivity index (χ1n) is 12.3. The zero-order valence-corrected chi connectivity index (χ0v) is 21.5. The van der Waals surface area contributed by atoms with Crippen LogP contribution in [0.4, 0.5) is 0 Å². The minimum atomic E-state index is -1.90. The molecular formula is C27H28O14. The Morgan fingerprint density at radius 3 is 2.32 bits per heavy atom. The molecule has 0 aliphatic carbocycles. The molecule has 0 spiro atoms. The third kappa shape index (κ3) is 6.93. The first-order valence-corrected chi connectivity index (χ1v) is 12.3. The number of rotatable bonds is 9. The van der Waals surface area contributed by atoms with Gasteiger partial charge in [-0.15, -0.1) is 0 Å². The van der Waals surface area contributed by atoms with E-state index < -0.39 is 78.9 Å². The number of phenols is 2. The Labute approximate surface area is 231 Å². The Balaban J connectivity index is 1.52. The fourth-order valence-electron chi connectivity index (χ4n) is 4.29. The van der Waals surface area contributed by atoms with Crippen LogP contribution >= 0.6 is 0 Å². The number of carbonyl (C=O) groups excluding carboxylic acids is 1. The normalized spacial score (nSPS) is 24.0. The number of benzene rings is 2. The van der Waals surface area contributed by atoms with Crippen LogP contribution in [0.5, 0.6) is 17.2 Å². The second-order valence-corrected chi connectivity index (χ2v) is 9.90. The molecule has 1 aromatic heterocycles. The Kier molecular flexibility index (Phi) is 8.51. The van der Waals surface area contributed by atoms with Crippen LogP contribution in [0.15, 0.2) is 51.7 Å². The van der Waals surface area contributed by atoms with E-state index in [1.807, 2.05) is 0 Å². The summed E-state index contributed by atoms with van der Waals surface area (Å²) >= 11 is 0. The van der Waals surface area contributed by atoms with Crippen molar-refractivity contribution >= 4 is 22.9 Å². The molecule has 0 radical (unpaired) electrons. The number of aliphatic hydroxyl groups excluding tert-OH is 3. The number of phenolic OH excluding ortho intramolecular Hbond substituents is 2. The molecule has 2 heterocycles. The zero-order chi connectivity index (χ0) is 30.1. The molecule has 0 bridgehead atoms. The van der Waals surface area contributed by atoms with Crippen LogP contribution in [0.25, 0.3) is 22.3 Å². The van der Waals surface area contributed by atoms with Gasteiger partial charge >= 0.3 is 11.9 Å². The first-order chi connectivity index (χ1) is 19.2. The van der Waals surface area contributed by atoms with Crippen LogP contribution in [-0.4, -0.2) is 90.6 Å². The van der Waals surface area contributed by atoms with Crippen molar-refractivity contribution in [3.8, 4) is 28.6 Å². The summed E-state index contributed by atoms with van der Waals surface area (Å²) in [6, 6.07) is 9.25. The molecule has 14 heteroatoms. The standard InChI is InChI=1S/C27H28O14/c1-27(37,9-20(31)32)10-21(33)38-11-19-23(34)24(35)25(36)26(41-19)39-14-6-15(29)22-16(30)8-17(40-18(22)7-14)12-2-4-13(28)5-3-12/h2-8,19,23-26,28-29,34-37H,9-11H2,1H3,(H,31,32)/t19-,23-,24+,25-,26-,27?/m1/s1. The predicted molar refractivity (Wildman–Crippen MR) is 137 cm³/mol. The van der Waals surface area contributed by atoms with Gasteiger partial charge in [0.1, 0.15) is 65.0 Å². The van der Waals surface area contributed by atoms with Crippen molar-refractivity contribution in [2.24, 2.45) is 0 Å². The lowest BCUT2D eigenvalue weighted by molar-refractivity contribution is -0.278. The van der Waals surface area contributed by atoms with Crippen molar-refractivity contribution < 1.29 is 64.0 Å². The molecule has 1 unspecified atom stereocenters. The van der Waals surface area contributed by atoms with E-state index in [0.29, 0.717) is 5.56 Å². The highest BCUT2D eigenvalue weighted by atomic mass is 16.7. The van der Waals surface area contributed by atoms with Crippen molar-refractivity contribution in [1.82, 2.24) is 0 Å². The van der Waals surface area contributed by atoms with E-state index in [0.717, 1.165) is 19.1 Å². The molecule has 0 amide bonds. The fraction of sp³-hybridized carbons (Fsp3) is 0.370. The Morgan fingerprint density at radius 1 is 0.976 bits per heavy atom. The van der Waals surface area contributed by atoms with Crippen LogP contribution < -0.4 is 10.2 Å². The third-order valence-corrected chi connectivity index (χ3v) is 6.32. The SMILES string of the molecule is CC(O)(CC(=O)O)CC(=O)OC[C@H]1O[C@@H](Oc2cc(O)c3c(=O)cc(-c4ccc(O)cc4)oc3c2)[C@H](O)[C@@H](O)[C@@H]1O. The minimum absolute atomic E-state index is 0.00157. The number of aliphatic hydroxyl groups is 4. The Morgan fingerprint density at radius 2 is 1.66 bits per heavy atom. The Hall–Kier alpha value is -4.21. The van der Waals surface area contributed by atoms with Crippen molar-refractivity contribution in [3.63, 3.8) is 0 Å². The maximum Gasteiger partial charge on any atom is 0.308 e. The van der Waals surface area contributed by atoms with Crippen molar-refractivity contribution in [2.75, 3.05) is 6.61 Å². The van der Waals surface area contributed by atoms with Gasteiger partial charge < -0.3 is 54.4 Å². The second-order valence-electron chi connectivity index (χ2n) is 9.90. The molecule has 0 saturated carbocycles. The molecule has 1 aliphatic heterocycles. The summed E-state index contributed by atoms with van der Waals surface area (Å²) in [7, 11) is 0. The molecule has 1 saturated heterocycles. The number of hydrogen-bond donors (Lipinski definition) is 7. The molecule has 2 aromatic carbocycles. The number of carbonyl (C=O) groups is 2. The first kappa shape index (κ1) is 29.8. The summed E-state index contributed by atoms with van der Waals surface area (Å²) in [6.07, 6.45) is -9.83. The molecule has 41 heavy (non-hydrogen) atoms. The summed E-state index contributed by atoms with van der Waals surface area (Å²) in [6.45, 7) is 0.480. The van der Waals surface area contributed by atoms with Crippen molar-refractivity contribution in [3.05, 3.63) is 52.7 Å². The maximum absolute atomic E-state index is 12.7. The van der Waals surface area contributed by atoms with E-state index in [4.69, 9.17) is 23.7 Å². The molecule has 7 N–H and O–H groups in total. The molecule has 1 aliphatic rings. The van der Waals surface area contributed by atoms with Gasteiger partial charge in [-0.3, -0.25) is 14.4 Å². The maximum atomic E-state index is 12.7. The average Bonchev–Trinajstić information content (AvgIpc) is 2.87.